The van der Waals surface area contributed by atoms with Crippen molar-refractivity contribution in [2.75, 3.05) is 18.0 Å². The third kappa shape index (κ3) is 2.70. The Labute approximate surface area is 87.4 Å². The lowest BCUT2D eigenvalue weighted by Crippen LogP contribution is -2.29. The van der Waals surface area contributed by atoms with Gasteiger partial charge in [0, 0.05) is 0 Å². The molecule has 0 aromatic heterocycles. The maximum Gasteiger partial charge on any atom is 0.253 e. The van der Waals surface area contributed by atoms with Crippen molar-refractivity contribution in [1.82, 2.24) is 5.32 Å². The number of hydrogen-bond donors (Lipinski definition) is 3. The van der Waals surface area contributed by atoms with E-state index in [4.69, 9.17) is 11.5 Å². The van der Waals surface area contributed by atoms with Gasteiger partial charge in [0.25, 0.3) is 5.91 Å². The van der Waals surface area contributed by atoms with Gasteiger partial charge in [-0.2, -0.15) is 0 Å². The van der Waals surface area contributed by atoms with E-state index in [0.29, 0.717) is 5.69 Å². The molecule has 0 fully saturated rings. The first-order valence-corrected chi connectivity index (χ1v) is 4.44. The van der Waals surface area contributed by atoms with Crippen LogP contribution in [0, 0.1) is 0 Å². The number of Topliss-reactive ketones (excluding diaryl/α,β-unsaturated/α-hetero) is 1. The quantitative estimate of drug-likeness (QED) is 0.615. The van der Waals surface area contributed by atoms with Crippen LogP contribution in [0.4, 0.5) is 11.4 Å². The fraction of sp³-hybridized carbons (Fsp3) is 0.200. The highest BCUT2D eigenvalue weighted by Crippen LogP contribution is 2.18. The lowest BCUT2D eigenvalue weighted by molar-refractivity contribution is -0.116. The number of para-hydroxylation sites is 1. The van der Waals surface area contributed by atoms with Crippen LogP contribution in [-0.2, 0) is 4.79 Å². The number of nitrogens with one attached hydrogen (secondary N) is 1. The van der Waals surface area contributed by atoms with Gasteiger partial charge in [-0.3, -0.25) is 9.59 Å². The third-order valence-corrected chi connectivity index (χ3v) is 1.88. The maximum absolute atomic E-state index is 11.5. The predicted molar refractivity (Wildman–Crippen MR) is 58.3 cm³/mol. The maximum atomic E-state index is 11.5. The predicted octanol–water partition coefficient (Wildman–Crippen LogP) is 0.170. The molecule has 0 bridgehead atoms. The summed E-state index contributed by atoms with van der Waals surface area (Å²) in [6.45, 7) is 1.38. The molecule has 0 aliphatic heterocycles. The van der Waals surface area contributed by atoms with E-state index in [9.17, 15) is 9.59 Å². The molecule has 5 N–H and O–H groups in total. The van der Waals surface area contributed by atoms with Crippen LogP contribution < -0.4 is 16.8 Å². The van der Waals surface area contributed by atoms with E-state index in [2.05, 4.69) is 5.32 Å². The Balaban J connectivity index is 2.82. The molecule has 0 saturated carbocycles. The zero-order valence-electron chi connectivity index (χ0n) is 8.41. The second kappa shape index (κ2) is 4.45. The monoisotopic (exact) mass is 207 g/mol. The molecule has 0 spiro atoms. The van der Waals surface area contributed by atoms with Crippen molar-refractivity contribution in [3.8, 4) is 0 Å². The molecule has 1 aromatic carbocycles. The Morgan fingerprint density at radius 1 is 1.33 bits per heavy atom. The molecule has 1 rings (SSSR count). The van der Waals surface area contributed by atoms with Gasteiger partial charge in [0.2, 0.25) is 0 Å². The number of benzene rings is 1. The van der Waals surface area contributed by atoms with Gasteiger partial charge in [-0.05, 0) is 19.1 Å². The molecule has 15 heavy (non-hydrogen) atoms. The molecule has 0 heterocycles. The second-order valence-corrected chi connectivity index (χ2v) is 3.19. The number of anilines is 2. The number of carbonyl (C=O) groups excluding carboxylic acids is 2. The number of hydrogen-bond acceptors (Lipinski definition) is 4. The van der Waals surface area contributed by atoms with Gasteiger partial charge in [0.1, 0.15) is 5.78 Å². The van der Waals surface area contributed by atoms with Crippen molar-refractivity contribution >= 4 is 23.1 Å². The molecular weight excluding hydrogens is 194 g/mol. The van der Waals surface area contributed by atoms with Gasteiger partial charge in [-0.25, -0.2) is 0 Å². The van der Waals surface area contributed by atoms with Crippen LogP contribution in [0.1, 0.15) is 17.3 Å². The fourth-order valence-corrected chi connectivity index (χ4v) is 1.08. The number of nitrogen functional groups attached to an aromatic ring is 2. The van der Waals surface area contributed by atoms with Crippen molar-refractivity contribution in [1.29, 1.82) is 0 Å². The van der Waals surface area contributed by atoms with Gasteiger partial charge in [-0.15, -0.1) is 0 Å². The number of nitrogens with two attached hydrogens (primary N) is 2. The molecular formula is C10H13N3O2. The molecule has 0 aliphatic rings. The molecule has 5 heteroatoms. The van der Waals surface area contributed by atoms with E-state index in [0.717, 1.165) is 0 Å². The molecule has 80 valence electrons. The highest BCUT2D eigenvalue weighted by atomic mass is 16.2. The van der Waals surface area contributed by atoms with Crippen molar-refractivity contribution in [3.63, 3.8) is 0 Å². The lowest BCUT2D eigenvalue weighted by atomic mass is 10.1. The number of rotatable bonds is 3. The lowest BCUT2D eigenvalue weighted by Gasteiger charge is -2.07. The second-order valence-electron chi connectivity index (χ2n) is 3.19. The van der Waals surface area contributed by atoms with E-state index >= 15 is 0 Å². The summed E-state index contributed by atoms with van der Waals surface area (Å²) in [7, 11) is 0. The average Bonchev–Trinajstić information content (AvgIpc) is 2.18. The first-order chi connectivity index (χ1) is 7.02. The van der Waals surface area contributed by atoms with Crippen LogP contribution in [0.25, 0.3) is 0 Å². The Kier molecular flexibility index (Phi) is 3.28. The Morgan fingerprint density at radius 3 is 2.60 bits per heavy atom. The van der Waals surface area contributed by atoms with Crippen LogP contribution in [-0.4, -0.2) is 18.2 Å². The minimum atomic E-state index is -0.394. The van der Waals surface area contributed by atoms with Crippen molar-refractivity contribution in [2.45, 2.75) is 6.92 Å². The molecule has 0 radical (unpaired) electrons. The normalized spacial score (nSPS) is 9.67. The standard InChI is InChI=1S/C10H13N3O2/c1-6(14)5-13-10(15)7-3-2-4-8(11)9(7)12/h2-4H,5,11-12H2,1H3,(H,13,15). The average molecular weight is 207 g/mol. The molecule has 1 aromatic rings. The Hall–Kier alpha value is -2.04. The van der Waals surface area contributed by atoms with Crippen molar-refractivity contribution < 1.29 is 9.59 Å². The zero-order valence-corrected chi connectivity index (χ0v) is 8.41. The van der Waals surface area contributed by atoms with Crippen molar-refractivity contribution in [3.05, 3.63) is 23.8 Å². The van der Waals surface area contributed by atoms with Gasteiger partial charge in [0.15, 0.2) is 0 Å². The number of carbonyl (C=O) groups is 2. The molecule has 5 nitrogen and oxygen atoms in total. The van der Waals surface area contributed by atoms with E-state index in [1.165, 1.54) is 6.92 Å². The third-order valence-electron chi connectivity index (χ3n) is 1.88. The summed E-state index contributed by atoms with van der Waals surface area (Å²) in [5.74, 6) is -0.513. The summed E-state index contributed by atoms with van der Waals surface area (Å²) in [5, 5.41) is 2.44. The Morgan fingerprint density at radius 2 is 2.00 bits per heavy atom. The van der Waals surface area contributed by atoms with Crippen molar-refractivity contribution in [2.24, 2.45) is 0 Å². The van der Waals surface area contributed by atoms with Gasteiger partial charge in [-0.1, -0.05) is 6.07 Å². The van der Waals surface area contributed by atoms with E-state index < -0.39 is 5.91 Å². The molecule has 0 aliphatic carbocycles. The van der Waals surface area contributed by atoms with E-state index in [-0.39, 0.29) is 23.6 Å². The molecule has 0 saturated heterocycles. The van der Waals surface area contributed by atoms with Crippen LogP contribution >= 0.6 is 0 Å². The molecule has 1 amide bonds. The largest absolute Gasteiger partial charge is 0.397 e. The summed E-state index contributed by atoms with van der Waals surface area (Å²) < 4.78 is 0. The van der Waals surface area contributed by atoms with Gasteiger partial charge in [0.05, 0.1) is 23.5 Å². The SMILES string of the molecule is CC(=O)CNC(=O)c1cccc(N)c1N. The Bertz CT molecular complexity index is 402. The highest BCUT2D eigenvalue weighted by Gasteiger charge is 2.10. The van der Waals surface area contributed by atoms with E-state index in [1.807, 2.05) is 0 Å². The van der Waals surface area contributed by atoms with Crippen LogP contribution in [0.3, 0.4) is 0 Å². The smallest absolute Gasteiger partial charge is 0.253 e. The first kappa shape index (κ1) is 11.0. The van der Waals surface area contributed by atoms with Gasteiger partial charge >= 0.3 is 0 Å². The molecule has 0 unspecified atom stereocenters. The zero-order chi connectivity index (χ0) is 11.4. The fourth-order valence-electron chi connectivity index (χ4n) is 1.08. The number of amides is 1. The molecule has 0 atom stereocenters. The minimum Gasteiger partial charge on any atom is -0.397 e. The summed E-state index contributed by atoms with van der Waals surface area (Å²) in [6.07, 6.45) is 0. The van der Waals surface area contributed by atoms with Crippen LogP contribution in [0.15, 0.2) is 18.2 Å². The summed E-state index contributed by atoms with van der Waals surface area (Å²) in [5.41, 5.74) is 12.0. The van der Waals surface area contributed by atoms with E-state index in [1.54, 1.807) is 18.2 Å². The first-order valence-electron chi connectivity index (χ1n) is 4.44. The summed E-state index contributed by atoms with van der Waals surface area (Å²) >= 11 is 0. The summed E-state index contributed by atoms with van der Waals surface area (Å²) in [6, 6.07) is 4.80. The topological polar surface area (TPSA) is 98.2 Å². The highest BCUT2D eigenvalue weighted by molar-refractivity contribution is 6.02. The van der Waals surface area contributed by atoms with Crippen LogP contribution in [0.2, 0.25) is 0 Å². The van der Waals surface area contributed by atoms with Gasteiger partial charge < -0.3 is 16.8 Å². The number of ketones is 1. The summed E-state index contributed by atoms with van der Waals surface area (Å²) in [4.78, 5) is 22.2. The minimum absolute atomic E-state index is 0.00687. The van der Waals surface area contributed by atoms with Crippen LogP contribution in [0.5, 0.6) is 0 Å².